The van der Waals surface area contributed by atoms with Crippen molar-refractivity contribution in [2.75, 3.05) is 42.5 Å². The molecule has 2 aromatic rings. The Morgan fingerprint density at radius 3 is 2.19 bits per heavy atom. The molecule has 4 rings (SSSR count). The van der Waals surface area contributed by atoms with Crippen LogP contribution in [0.3, 0.4) is 0 Å². The maximum Gasteiger partial charge on any atom is 0.414 e. The van der Waals surface area contributed by atoms with E-state index in [9.17, 15) is 9.59 Å². The Morgan fingerprint density at radius 2 is 1.52 bits per heavy atom. The average molecular weight is 424 g/mol. The molecule has 7 heteroatoms. The molecule has 31 heavy (non-hydrogen) atoms. The molecule has 0 N–H and O–H groups in total. The summed E-state index contributed by atoms with van der Waals surface area (Å²) in [4.78, 5) is 34.5. The van der Waals surface area contributed by atoms with Gasteiger partial charge in [0.25, 0.3) is 0 Å². The molecule has 164 valence electrons. The van der Waals surface area contributed by atoms with Crippen LogP contribution >= 0.6 is 0 Å². The summed E-state index contributed by atoms with van der Waals surface area (Å²) in [5.74, 6) is -0.331. The number of rotatable bonds is 3. The van der Waals surface area contributed by atoms with Gasteiger partial charge in [-0.25, -0.2) is 9.59 Å². The number of amides is 1. The second-order valence-corrected chi connectivity index (χ2v) is 8.82. The minimum atomic E-state index is -0.523. The summed E-state index contributed by atoms with van der Waals surface area (Å²) in [6.07, 6.45) is 0.495. The molecule has 0 atom stereocenters. The molecule has 7 nitrogen and oxygen atoms in total. The summed E-state index contributed by atoms with van der Waals surface area (Å²) in [6, 6.07) is 15.1. The van der Waals surface area contributed by atoms with Crippen LogP contribution in [0.25, 0.3) is 0 Å². The SMILES string of the molecule is CC(C)(C)OC(=O)N1CCc2c(N3CCN(OC(=O)c4ccccc4)CC3)cccc21. The number of fused-ring (bicyclic) bond motifs is 1. The van der Waals surface area contributed by atoms with E-state index in [1.165, 1.54) is 5.56 Å². The summed E-state index contributed by atoms with van der Waals surface area (Å²) in [7, 11) is 0. The quantitative estimate of drug-likeness (QED) is 0.747. The van der Waals surface area contributed by atoms with Gasteiger partial charge in [-0.05, 0) is 51.5 Å². The number of carbonyl (C=O) groups excluding carboxylic acids is 2. The first-order chi connectivity index (χ1) is 14.8. The van der Waals surface area contributed by atoms with Gasteiger partial charge in [0.2, 0.25) is 0 Å². The lowest BCUT2D eigenvalue weighted by Gasteiger charge is -2.35. The molecule has 1 fully saturated rings. The fraction of sp³-hybridized carbons (Fsp3) is 0.417. The number of benzene rings is 2. The van der Waals surface area contributed by atoms with Crippen molar-refractivity contribution in [3.8, 4) is 0 Å². The predicted octanol–water partition coefficient (Wildman–Crippen LogP) is 3.88. The predicted molar refractivity (Wildman–Crippen MR) is 119 cm³/mol. The first-order valence-electron chi connectivity index (χ1n) is 10.7. The molecule has 2 aromatic carbocycles. The molecule has 0 aromatic heterocycles. The number of hydrogen-bond donors (Lipinski definition) is 0. The van der Waals surface area contributed by atoms with Crippen molar-refractivity contribution < 1.29 is 19.2 Å². The van der Waals surface area contributed by atoms with Crippen molar-refractivity contribution in [1.82, 2.24) is 5.06 Å². The van der Waals surface area contributed by atoms with Gasteiger partial charge in [-0.15, -0.1) is 5.06 Å². The van der Waals surface area contributed by atoms with Gasteiger partial charge in [0.1, 0.15) is 5.60 Å². The van der Waals surface area contributed by atoms with E-state index in [0.29, 0.717) is 25.2 Å². The normalized spacial score (nSPS) is 16.7. The topological polar surface area (TPSA) is 62.3 Å². The van der Waals surface area contributed by atoms with Crippen molar-refractivity contribution in [2.24, 2.45) is 0 Å². The van der Waals surface area contributed by atoms with Crippen LogP contribution < -0.4 is 9.80 Å². The fourth-order valence-corrected chi connectivity index (χ4v) is 3.98. The van der Waals surface area contributed by atoms with E-state index in [2.05, 4.69) is 11.0 Å². The fourth-order valence-electron chi connectivity index (χ4n) is 3.98. The van der Waals surface area contributed by atoms with Gasteiger partial charge in [0, 0.05) is 30.9 Å². The van der Waals surface area contributed by atoms with E-state index >= 15 is 0 Å². The molecular formula is C24H29N3O4. The largest absolute Gasteiger partial charge is 0.443 e. The Bertz CT molecular complexity index is 947. The van der Waals surface area contributed by atoms with Gasteiger partial charge >= 0.3 is 12.1 Å². The summed E-state index contributed by atoms with van der Waals surface area (Å²) in [5.41, 5.74) is 3.25. The minimum Gasteiger partial charge on any atom is -0.443 e. The van der Waals surface area contributed by atoms with E-state index < -0.39 is 5.60 Å². The third kappa shape index (κ3) is 4.82. The number of hydroxylamine groups is 2. The number of anilines is 2. The van der Waals surface area contributed by atoms with Crippen LogP contribution in [0.2, 0.25) is 0 Å². The Morgan fingerprint density at radius 1 is 0.839 bits per heavy atom. The second-order valence-electron chi connectivity index (χ2n) is 8.82. The number of ether oxygens (including phenoxy) is 1. The lowest BCUT2D eigenvalue weighted by molar-refractivity contribution is -0.112. The monoisotopic (exact) mass is 423 g/mol. The Labute approximate surface area is 183 Å². The van der Waals surface area contributed by atoms with Gasteiger partial charge in [-0.3, -0.25) is 4.90 Å². The zero-order valence-electron chi connectivity index (χ0n) is 18.3. The molecule has 2 aliphatic rings. The third-order valence-corrected chi connectivity index (χ3v) is 5.42. The smallest absolute Gasteiger partial charge is 0.414 e. The van der Waals surface area contributed by atoms with E-state index in [4.69, 9.17) is 9.57 Å². The molecule has 0 unspecified atom stereocenters. The maximum absolute atomic E-state index is 12.6. The lowest BCUT2D eigenvalue weighted by atomic mass is 10.1. The van der Waals surface area contributed by atoms with Crippen molar-refractivity contribution >= 4 is 23.4 Å². The van der Waals surface area contributed by atoms with E-state index in [0.717, 1.165) is 30.9 Å². The maximum atomic E-state index is 12.6. The van der Waals surface area contributed by atoms with Crippen molar-refractivity contribution in [3.63, 3.8) is 0 Å². The van der Waals surface area contributed by atoms with Crippen molar-refractivity contribution in [2.45, 2.75) is 32.8 Å². The number of piperazine rings is 1. The molecule has 0 radical (unpaired) electrons. The Hall–Kier alpha value is -3.06. The highest BCUT2D eigenvalue weighted by Gasteiger charge is 2.32. The molecule has 0 saturated carbocycles. The highest BCUT2D eigenvalue weighted by Crippen LogP contribution is 2.36. The summed E-state index contributed by atoms with van der Waals surface area (Å²) >= 11 is 0. The second kappa shape index (κ2) is 8.59. The number of hydrogen-bond acceptors (Lipinski definition) is 6. The molecule has 1 amide bonds. The molecule has 0 bridgehead atoms. The highest BCUT2D eigenvalue weighted by molar-refractivity contribution is 5.92. The first-order valence-corrected chi connectivity index (χ1v) is 10.7. The minimum absolute atomic E-state index is 0.305. The van der Waals surface area contributed by atoms with Crippen molar-refractivity contribution in [1.29, 1.82) is 0 Å². The highest BCUT2D eigenvalue weighted by atomic mass is 16.7. The average Bonchev–Trinajstić information content (AvgIpc) is 3.18. The van der Waals surface area contributed by atoms with Crippen LogP contribution in [-0.4, -0.2) is 55.5 Å². The van der Waals surface area contributed by atoms with Gasteiger partial charge in [-0.1, -0.05) is 24.3 Å². The van der Waals surface area contributed by atoms with E-state index in [-0.39, 0.29) is 12.1 Å². The Balaban J connectivity index is 1.40. The summed E-state index contributed by atoms with van der Waals surface area (Å²) < 4.78 is 5.57. The van der Waals surface area contributed by atoms with E-state index in [1.54, 1.807) is 22.1 Å². The molecule has 2 heterocycles. The zero-order valence-corrected chi connectivity index (χ0v) is 18.3. The van der Waals surface area contributed by atoms with Crippen LogP contribution in [0.4, 0.5) is 16.2 Å². The van der Waals surface area contributed by atoms with Crippen LogP contribution in [0, 0.1) is 0 Å². The third-order valence-electron chi connectivity index (χ3n) is 5.42. The number of nitrogens with zero attached hydrogens (tertiary/aromatic N) is 3. The van der Waals surface area contributed by atoms with Crippen LogP contribution in [-0.2, 0) is 16.0 Å². The molecule has 0 spiro atoms. The Kier molecular flexibility index (Phi) is 5.87. The lowest BCUT2D eigenvalue weighted by Crippen LogP contribution is -2.47. The summed E-state index contributed by atoms with van der Waals surface area (Å²) in [5, 5.41) is 1.72. The summed E-state index contributed by atoms with van der Waals surface area (Å²) in [6.45, 7) is 8.98. The zero-order chi connectivity index (χ0) is 22.0. The standard InChI is InChI=1S/C24H29N3O4/c1-24(2,3)30-23(29)27-13-12-19-20(10-7-11-21(19)27)25-14-16-26(17-15-25)31-22(28)18-8-5-4-6-9-18/h4-11H,12-17H2,1-3H3. The van der Waals surface area contributed by atoms with Crippen molar-refractivity contribution in [3.05, 3.63) is 59.7 Å². The molecular weight excluding hydrogens is 394 g/mol. The first kappa shape index (κ1) is 21.2. The van der Waals surface area contributed by atoms with Gasteiger partial charge < -0.3 is 14.5 Å². The van der Waals surface area contributed by atoms with E-state index in [1.807, 2.05) is 51.1 Å². The molecule has 2 aliphatic heterocycles. The van der Waals surface area contributed by atoms with Gasteiger partial charge in [0.15, 0.2) is 0 Å². The number of carbonyl (C=O) groups is 2. The molecule has 0 aliphatic carbocycles. The van der Waals surface area contributed by atoms with Crippen LogP contribution in [0.15, 0.2) is 48.5 Å². The van der Waals surface area contributed by atoms with Crippen LogP contribution in [0.5, 0.6) is 0 Å². The van der Waals surface area contributed by atoms with Gasteiger partial charge in [0.05, 0.1) is 24.3 Å². The molecule has 1 saturated heterocycles. The van der Waals surface area contributed by atoms with Gasteiger partial charge in [-0.2, -0.15) is 0 Å². The van der Waals surface area contributed by atoms with Crippen LogP contribution in [0.1, 0.15) is 36.7 Å².